The van der Waals surface area contributed by atoms with E-state index in [1.165, 1.54) is 6.07 Å². The van der Waals surface area contributed by atoms with Crippen molar-refractivity contribution in [3.63, 3.8) is 0 Å². The summed E-state index contributed by atoms with van der Waals surface area (Å²) < 4.78 is 5.03. The Morgan fingerprint density at radius 2 is 1.95 bits per heavy atom. The lowest BCUT2D eigenvalue weighted by atomic mass is 10.1. The van der Waals surface area contributed by atoms with Crippen molar-refractivity contribution in [1.82, 2.24) is 9.88 Å². The summed E-state index contributed by atoms with van der Waals surface area (Å²) in [4.78, 5) is 29.8. The minimum atomic E-state index is -0.238. The number of amides is 1. The van der Waals surface area contributed by atoms with Crippen LogP contribution < -0.4 is 10.5 Å². The molecule has 1 amide bonds. The van der Waals surface area contributed by atoms with Crippen LogP contribution in [0.2, 0.25) is 0 Å². The van der Waals surface area contributed by atoms with Crippen molar-refractivity contribution >= 4 is 22.7 Å². The van der Waals surface area contributed by atoms with Crippen LogP contribution in [-0.2, 0) is 4.74 Å². The first kappa shape index (κ1) is 14.4. The zero-order valence-corrected chi connectivity index (χ0v) is 12.5. The molecule has 0 spiro atoms. The number of hydrogen-bond acceptors (Lipinski definition) is 4. The van der Waals surface area contributed by atoms with Gasteiger partial charge in [-0.1, -0.05) is 0 Å². The van der Waals surface area contributed by atoms with Gasteiger partial charge in [0, 0.05) is 48.8 Å². The van der Waals surface area contributed by atoms with E-state index >= 15 is 0 Å². The number of pyridine rings is 1. The van der Waals surface area contributed by atoms with E-state index in [9.17, 15) is 9.59 Å². The average Bonchev–Trinajstić information content (AvgIpc) is 2.55. The van der Waals surface area contributed by atoms with Crippen LogP contribution in [0.4, 0.5) is 10.5 Å². The minimum absolute atomic E-state index is 0.0942. The number of hydrogen-bond donors (Lipinski definition) is 1. The summed E-state index contributed by atoms with van der Waals surface area (Å²) in [5.74, 6) is 0. The molecule has 116 valence electrons. The van der Waals surface area contributed by atoms with E-state index < -0.39 is 0 Å². The summed E-state index contributed by atoms with van der Waals surface area (Å²) >= 11 is 0. The highest BCUT2D eigenvalue weighted by molar-refractivity contribution is 5.82. The van der Waals surface area contributed by atoms with Crippen molar-refractivity contribution < 1.29 is 9.53 Å². The van der Waals surface area contributed by atoms with Crippen molar-refractivity contribution in [1.29, 1.82) is 0 Å². The molecule has 1 aromatic carbocycles. The molecule has 2 aromatic rings. The Kier molecular flexibility index (Phi) is 4.00. The predicted octanol–water partition coefficient (Wildman–Crippen LogP) is 1.81. The fourth-order valence-corrected chi connectivity index (χ4v) is 2.70. The second-order valence-electron chi connectivity index (χ2n) is 5.27. The van der Waals surface area contributed by atoms with Gasteiger partial charge in [-0.15, -0.1) is 0 Å². The van der Waals surface area contributed by atoms with E-state index in [1.54, 1.807) is 4.90 Å². The lowest BCUT2D eigenvalue weighted by Gasteiger charge is -2.35. The van der Waals surface area contributed by atoms with E-state index in [0.29, 0.717) is 19.7 Å². The van der Waals surface area contributed by atoms with Crippen LogP contribution in [0.25, 0.3) is 10.9 Å². The number of aromatic amines is 1. The molecule has 0 radical (unpaired) electrons. The number of anilines is 1. The van der Waals surface area contributed by atoms with Gasteiger partial charge in [0.25, 0.3) is 0 Å². The molecule has 1 N–H and O–H groups in total. The standard InChI is InChI=1S/C16H19N3O3/c1-2-22-16(21)19-9-7-18(8-10-19)13-4-5-14-12(11-13)3-6-15(20)17-14/h3-6,11H,2,7-10H2,1H3,(H,17,20). The molecule has 6 nitrogen and oxygen atoms in total. The fraction of sp³-hybridized carbons (Fsp3) is 0.375. The van der Waals surface area contributed by atoms with Gasteiger partial charge in [-0.05, 0) is 31.2 Å². The van der Waals surface area contributed by atoms with Gasteiger partial charge in [0.1, 0.15) is 0 Å². The van der Waals surface area contributed by atoms with Crippen molar-refractivity contribution in [2.24, 2.45) is 0 Å². The molecule has 0 atom stereocenters. The number of nitrogens with one attached hydrogen (secondary N) is 1. The van der Waals surface area contributed by atoms with E-state index in [0.717, 1.165) is 29.7 Å². The van der Waals surface area contributed by atoms with Gasteiger partial charge >= 0.3 is 6.09 Å². The predicted molar refractivity (Wildman–Crippen MR) is 85.4 cm³/mol. The number of fused-ring (bicyclic) bond motifs is 1. The lowest BCUT2D eigenvalue weighted by Crippen LogP contribution is -2.49. The van der Waals surface area contributed by atoms with E-state index in [4.69, 9.17) is 4.74 Å². The Morgan fingerprint density at radius 3 is 2.68 bits per heavy atom. The lowest BCUT2D eigenvalue weighted by molar-refractivity contribution is 0.105. The molecule has 3 rings (SSSR count). The van der Waals surface area contributed by atoms with Crippen LogP contribution >= 0.6 is 0 Å². The molecule has 0 bridgehead atoms. The number of carbonyl (C=O) groups is 1. The summed E-state index contributed by atoms with van der Waals surface area (Å²) in [6, 6.07) is 9.34. The first-order valence-electron chi connectivity index (χ1n) is 7.47. The molecule has 0 saturated carbocycles. The summed E-state index contributed by atoms with van der Waals surface area (Å²) in [5.41, 5.74) is 1.84. The van der Waals surface area contributed by atoms with Crippen LogP contribution in [-0.4, -0.2) is 48.8 Å². The van der Waals surface area contributed by atoms with Crippen LogP contribution in [0.5, 0.6) is 0 Å². The number of rotatable bonds is 2. The van der Waals surface area contributed by atoms with Crippen molar-refractivity contribution in [2.75, 3.05) is 37.7 Å². The van der Waals surface area contributed by atoms with Gasteiger partial charge in [-0.3, -0.25) is 4.79 Å². The Morgan fingerprint density at radius 1 is 1.18 bits per heavy atom. The maximum Gasteiger partial charge on any atom is 0.409 e. The smallest absolute Gasteiger partial charge is 0.409 e. The van der Waals surface area contributed by atoms with Gasteiger partial charge in [0.15, 0.2) is 0 Å². The summed E-state index contributed by atoms with van der Waals surface area (Å²) in [6.07, 6.45) is -0.238. The molecular weight excluding hydrogens is 282 g/mol. The van der Waals surface area contributed by atoms with Crippen LogP contribution in [0.1, 0.15) is 6.92 Å². The molecule has 1 saturated heterocycles. The molecule has 0 aliphatic carbocycles. The van der Waals surface area contributed by atoms with Gasteiger partial charge < -0.3 is 19.5 Å². The second-order valence-corrected chi connectivity index (χ2v) is 5.27. The average molecular weight is 301 g/mol. The van der Waals surface area contributed by atoms with Gasteiger partial charge in [-0.25, -0.2) is 4.79 Å². The normalized spacial score (nSPS) is 15.1. The molecule has 22 heavy (non-hydrogen) atoms. The van der Waals surface area contributed by atoms with Gasteiger partial charge in [0.05, 0.1) is 6.61 Å². The maximum absolute atomic E-state index is 11.7. The number of H-pyrrole nitrogens is 1. The summed E-state index contributed by atoms with van der Waals surface area (Å²) in [6.45, 7) is 5.07. The molecule has 1 aliphatic heterocycles. The highest BCUT2D eigenvalue weighted by atomic mass is 16.6. The quantitative estimate of drug-likeness (QED) is 0.918. The zero-order valence-electron chi connectivity index (χ0n) is 12.5. The second kappa shape index (κ2) is 6.09. The van der Waals surface area contributed by atoms with E-state index in [2.05, 4.69) is 16.0 Å². The molecular formula is C16H19N3O3. The summed E-state index contributed by atoms with van der Waals surface area (Å²) in [5, 5.41) is 1.00. The maximum atomic E-state index is 11.7. The van der Waals surface area contributed by atoms with Crippen LogP contribution in [0, 0.1) is 0 Å². The van der Waals surface area contributed by atoms with Crippen LogP contribution in [0.15, 0.2) is 35.1 Å². The Labute approximate surface area is 128 Å². The zero-order chi connectivity index (χ0) is 15.5. The number of aromatic nitrogens is 1. The Balaban J connectivity index is 1.72. The third-order valence-corrected chi connectivity index (χ3v) is 3.88. The summed E-state index contributed by atoms with van der Waals surface area (Å²) in [7, 11) is 0. The van der Waals surface area contributed by atoms with Gasteiger partial charge in [-0.2, -0.15) is 0 Å². The number of piperazine rings is 1. The fourth-order valence-electron chi connectivity index (χ4n) is 2.70. The number of nitrogens with zero attached hydrogens (tertiary/aromatic N) is 2. The monoisotopic (exact) mass is 301 g/mol. The third kappa shape index (κ3) is 2.90. The molecule has 1 aromatic heterocycles. The van der Waals surface area contributed by atoms with E-state index in [-0.39, 0.29) is 11.7 Å². The third-order valence-electron chi connectivity index (χ3n) is 3.88. The number of carbonyl (C=O) groups excluding carboxylic acids is 1. The minimum Gasteiger partial charge on any atom is -0.450 e. The van der Waals surface area contributed by atoms with Crippen LogP contribution in [0.3, 0.4) is 0 Å². The topological polar surface area (TPSA) is 65.6 Å². The highest BCUT2D eigenvalue weighted by Gasteiger charge is 2.22. The van der Waals surface area contributed by atoms with Crippen molar-refractivity contribution in [3.8, 4) is 0 Å². The van der Waals surface area contributed by atoms with Gasteiger partial charge in [0.2, 0.25) is 5.56 Å². The highest BCUT2D eigenvalue weighted by Crippen LogP contribution is 2.21. The first-order chi connectivity index (χ1) is 10.7. The Bertz CT molecular complexity index is 733. The Hall–Kier alpha value is -2.50. The molecule has 2 heterocycles. The molecule has 0 unspecified atom stereocenters. The van der Waals surface area contributed by atoms with E-state index in [1.807, 2.05) is 25.1 Å². The van der Waals surface area contributed by atoms with Crippen molar-refractivity contribution in [3.05, 3.63) is 40.7 Å². The SMILES string of the molecule is CCOC(=O)N1CCN(c2ccc3[nH]c(=O)ccc3c2)CC1. The van der Waals surface area contributed by atoms with Crippen molar-refractivity contribution in [2.45, 2.75) is 6.92 Å². The molecule has 1 aliphatic rings. The number of ether oxygens (including phenoxy) is 1. The molecule has 1 fully saturated rings. The first-order valence-corrected chi connectivity index (χ1v) is 7.47. The molecule has 6 heteroatoms. The largest absolute Gasteiger partial charge is 0.450 e. The number of benzene rings is 1.